The molecule has 0 bridgehead atoms. The van der Waals surface area contributed by atoms with E-state index in [0.29, 0.717) is 0 Å². The highest BCUT2D eigenvalue weighted by Gasteiger charge is 2.66. The highest BCUT2D eigenvalue weighted by Crippen LogP contribution is 2.67. The van der Waals surface area contributed by atoms with Crippen LogP contribution < -0.4 is 0 Å². The van der Waals surface area contributed by atoms with E-state index in [1.54, 1.807) is 0 Å². The zero-order valence-electron chi connectivity index (χ0n) is 12.0. The van der Waals surface area contributed by atoms with E-state index in [4.69, 9.17) is 2.74 Å². The van der Waals surface area contributed by atoms with Crippen LogP contribution in [0.25, 0.3) is 0 Å². The molecule has 3 fully saturated rings. The molecular weight excluding hydrogens is 182 g/mol. The second kappa shape index (κ2) is 2.88. The van der Waals surface area contributed by atoms with Gasteiger partial charge in [-0.1, -0.05) is 26.0 Å². The smallest absolute Gasteiger partial charge is 0.0309 e. The molecule has 2 aliphatic heterocycles. The minimum atomic E-state index is -1.10. The Hall–Kier alpha value is -0.300. The Morgan fingerprint density at radius 2 is 2.20 bits per heavy atom. The summed E-state index contributed by atoms with van der Waals surface area (Å²) in [4.78, 5) is 2.42. The predicted molar refractivity (Wildman–Crippen MR) is 63.8 cm³/mol. The van der Waals surface area contributed by atoms with Gasteiger partial charge < -0.3 is 0 Å². The Bertz CT molecular complexity index is 370. The summed E-state index contributed by atoms with van der Waals surface area (Å²) >= 11 is 0. The van der Waals surface area contributed by atoms with Crippen molar-refractivity contribution in [1.82, 2.24) is 4.90 Å². The first-order chi connectivity index (χ1) is 7.86. The van der Waals surface area contributed by atoms with E-state index in [1.165, 1.54) is 24.8 Å². The molecule has 2 saturated heterocycles. The molecule has 2 heterocycles. The van der Waals surface area contributed by atoms with Crippen molar-refractivity contribution in [3.8, 4) is 0 Å². The van der Waals surface area contributed by atoms with E-state index in [2.05, 4.69) is 11.5 Å². The molecule has 1 spiro atoms. The Balaban J connectivity index is 2.10. The lowest BCUT2D eigenvalue weighted by Crippen LogP contribution is -2.45. The van der Waals surface area contributed by atoms with E-state index < -0.39 is 6.37 Å². The molecule has 15 heavy (non-hydrogen) atoms. The molecule has 0 amide bonds. The third-order valence-electron chi connectivity index (χ3n) is 4.58. The first kappa shape index (κ1) is 7.89. The first-order valence-corrected chi connectivity index (χ1v) is 6.27. The predicted octanol–water partition coefficient (Wildman–Crippen LogP) is 3.22. The minimum Gasteiger partial charge on any atom is -0.293 e. The zero-order chi connectivity index (χ0) is 12.5. The molecule has 84 valence electrons. The molecule has 0 aromatic carbocycles. The Morgan fingerprint density at radius 1 is 1.47 bits per heavy atom. The van der Waals surface area contributed by atoms with Gasteiger partial charge in [-0.15, -0.1) is 0 Å². The Morgan fingerprint density at radius 3 is 2.80 bits per heavy atom. The summed E-state index contributed by atoms with van der Waals surface area (Å²) in [6.45, 7) is 10.2. The van der Waals surface area contributed by atoms with Crippen LogP contribution in [0.15, 0.2) is 12.2 Å². The summed E-state index contributed by atoms with van der Waals surface area (Å²) in [7, 11) is 0. The molecule has 0 aromatic rings. The van der Waals surface area contributed by atoms with Gasteiger partial charge in [0, 0.05) is 14.8 Å². The molecule has 3 aliphatic rings. The average Bonchev–Trinajstić information content (AvgIpc) is 2.85. The first-order valence-electron chi connectivity index (χ1n) is 7.27. The summed E-state index contributed by atoms with van der Waals surface area (Å²) in [5.41, 5.74) is 1.28. The molecule has 1 aliphatic carbocycles. The van der Waals surface area contributed by atoms with Gasteiger partial charge in [0.05, 0.1) is 0 Å². The van der Waals surface area contributed by atoms with Crippen LogP contribution in [0.1, 0.15) is 48.6 Å². The van der Waals surface area contributed by atoms with E-state index >= 15 is 0 Å². The highest BCUT2D eigenvalue weighted by atomic mass is 15.3. The van der Waals surface area contributed by atoms with Crippen molar-refractivity contribution >= 4 is 0 Å². The Kier molecular flexibility index (Phi) is 1.51. The fourth-order valence-corrected chi connectivity index (χ4v) is 3.87. The van der Waals surface area contributed by atoms with Crippen molar-refractivity contribution in [3.05, 3.63) is 12.2 Å². The van der Waals surface area contributed by atoms with Gasteiger partial charge in [-0.25, -0.2) is 0 Å². The fraction of sp³-hybridized carbons (Fsp3) is 0.857. The van der Waals surface area contributed by atoms with Crippen molar-refractivity contribution in [2.75, 3.05) is 13.1 Å². The lowest BCUT2D eigenvalue weighted by molar-refractivity contribution is 0.108. The van der Waals surface area contributed by atoms with Gasteiger partial charge in [-0.2, -0.15) is 0 Å². The highest BCUT2D eigenvalue weighted by molar-refractivity contribution is 5.27. The van der Waals surface area contributed by atoms with Crippen molar-refractivity contribution in [2.45, 2.75) is 51.4 Å². The molecule has 3 rings (SSSR count). The van der Waals surface area contributed by atoms with E-state index in [9.17, 15) is 0 Å². The Labute approximate surface area is 96.3 Å². The van der Waals surface area contributed by atoms with Crippen LogP contribution in [0.2, 0.25) is 0 Å². The molecule has 1 atom stereocenters. The maximum atomic E-state index is 8.67. The summed E-state index contributed by atoms with van der Waals surface area (Å²) < 4.78 is 17.3. The normalized spacial score (nSPS) is 40.9. The lowest BCUT2D eigenvalue weighted by atomic mass is 9.74. The van der Waals surface area contributed by atoms with E-state index in [-0.39, 0.29) is 16.9 Å². The molecule has 1 heteroatoms. The van der Waals surface area contributed by atoms with Crippen LogP contribution in [0.4, 0.5) is 0 Å². The van der Waals surface area contributed by atoms with Crippen molar-refractivity contribution < 1.29 is 2.74 Å². The quantitative estimate of drug-likeness (QED) is 0.628. The number of fused-ring (bicyclic) bond motifs is 2. The number of hydrogen-bond donors (Lipinski definition) is 0. The molecule has 0 N–H and O–H groups in total. The molecule has 0 unspecified atom stereocenters. The fourth-order valence-electron chi connectivity index (χ4n) is 3.87. The molecular formula is C14H23N. The van der Waals surface area contributed by atoms with Crippen LogP contribution in [0, 0.1) is 11.3 Å². The third kappa shape index (κ3) is 1.19. The van der Waals surface area contributed by atoms with Crippen LogP contribution in [0.5, 0.6) is 0 Å². The molecule has 1 saturated carbocycles. The van der Waals surface area contributed by atoms with Gasteiger partial charge in [0.15, 0.2) is 0 Å². The van der Waals surface area contributed by atoms with Gasteiger partial charge in [0.2, 0.25) is 0 Å². The van der Waals surface area contributed by atoms with E-state index in [0.717, 1.165) is 19.5 Å². The summed E-state index contributed by atoms with van der Waals surface area (Å²) in [5, 5.41) is 0. The largest absolute Gasteiger partial charge is 0.293 e. The maximum Gasteiger partial charge on any atom is 0.0309 e. The lowest BCUT2D eigenvalue weighted by Gasteiger charge is -2.39. The average molecular weight is 207 g/mol. The van der Waals surface area contributed by atoms with Crippen LogP contribution in [-0.4, -0.2) is 23.5 Å². The van der Waals surface area contributed by atoms with Crippen LogP contribution in [-0.2, 0) is 0 Å². The molecule has 0 radical (unpaired) electrons. The topological polar surface area (TPSA) is 3.24 Å². The maximum absolute atomic E-state index is 8.67. The number of nitrogens with zero attached hydrogens (tertiary/aromatic N) is 1. The van der Waals surface area contributed by atoms with Gasteiger partial charge in [-0.05, 0) is 49.9 Å². The second-order valence-electron chi connectivity index (χ2n) is 6.04. The van der Waals surface area contributed by atoms with Gasteiger partial charge in [0.1, 0.15) is 0 Å². The molecule has 1 nitrogen and oxygen atoms in total. The molecule has 0 aromatic heterocycles. The van der Waals surface area contributed by atoms with Gasteiger partial charge in [-0.3, -0.25) is 4.90 Å². The standard InChI is InChI=1S/C14H23N/c1-11(2)8-14-9-12(3)10-15(14)7-6-13(14)4-5-13/h11H,3-10H2,1-2H3/t14-/m1/s1/i8D2. The van der Waals surface area contributed by atoms with Crippen molar-refractivity contribution in [3.63, 3.8) is 0 Å². The van der Waals surface area contributed by atoms with Gasteiger partial charge >= 0.3 is 0 Å². The third-order valence-corrected chi connectivity index (χ3v) is 4.58. The van der Waals surface area contributed by atoms with Crippen LogP contribution >= 0.6 is 0 Å². The monoisotopic (exact) mass is 207 g/mol. The van der Waals surface area contributed by atoms with Crippen LogP contribution in [0.3, 0.4) is 0 Å². The number of hydrogen-bond acceptors (Lipinski definition) is 1. The summed E-state index contributed by atoms with van der Waals surface area (Å²) in [5.74, 6) is 0.0754. The summed E-state index contributed by atoms with van der Waals surface area (Å²) in [6.07, 6.45) is 3.44. The van der Waals surface area contributed by atoms with Crippen molar-refractivity contribution in [2.24, 2.45) is 11.3 Å². The second-order valence-corrected chi connectivity index (χ2v) is 6.04. The van der Waals surface area contributed by atoms with E-state index in [1.807, 2.05) is 13.8 Å². The number of rotatable bonds is 2. The minimum absolute atomic E-state index is 0.0754. The van der Waals surface area contributed by atoms with Crippen molar-refractivity contribution in [1.29, 1.82) is 0 Å². The summed E-state index contributed by atoms with van der Waals surface area (Å²) in [6, 6.07) is 0. The van der Waals surface area contributed by atoms with Gasteiger partial charge in [0.25, 0.3) is 0 Å². The zero-order valence-corrected chi connectivity index (χ0v) is 9.97. The SMILES string of the molecule is [2H]C([2H])(C(C)C)[C@]12CC(=C)CN1CCC21CC1.